The average Bonchev–Trinajstić information content (AvgIpc) is 2.99. The predicted molar refractivity (Wildman–Crippen MR) is 105 cm³/mol. The smallest absolute Gasteiger partial charge is 0.332 e. The molecule has 1 aliphatic rings. The minimum absolute atomic E-state index is 0.0826. The Morgan fingerprint density at radius 1 is 1.15 bits per heavy atom. The molecule has 0 radical (unpaired) electrons. The first kappa shape index (κ1) is 22.4. The molecule has 2 unspecified atom stereocenters. The zero-order valence-electron chi connectivity index (χ0n) is 15.3. The van der Waals surface area contributed by atoms with Gasteiger partial charge in [-0.25, -0.2) is 4.79 Å². The van der Waals surface area contributed by atoms with Crippen molar-refractivity contribution in [3.8, 4) is 0 Å². The van der Waals surface area contributed by atoms with E-state index in [1.54, 1.807) is 0 Å². The predicted octanol–water partition coefficient (Wildman–Crippen LogP) is 4.64. The van der Waals surface area contributed by atoms with Crippen LogP contribution in [-0.2, 0) is 9.59 Å². The van der Waals surface area contributed by atoms with Crippen molar-refractivity contribution in [1.29, 1.82) is 0 Å². The van der Waals surface area contributed by atoms with Gasteiger partial charge in [0.05, 0.1) is 0 Å². The second kappa shape index (κ2) is 12.7. The topological polar surface area (TPSA) is 74.6 Å². The van der Waals surface area contributed by atoms with E-state index in [1.807, 2.05) is 31.2 Å². The standard InChI is InChI=1S/C21H29ClO4/c1-16(22)9-5-2-3-6-10-17-13-14-18(15-23)19(17)11-7-4-8-12-20(24)21(25)26/h4,6-7,9-10,13-15,17-20,24H,2-3,5,8,11-12H2,1H3,(H,25,26)/t17-,18?,19-,20?/m1/s1. The lowest BCUT2D eigenvalue weighted by Crippen LogP contribution is -2.18. The van der Waals surface area contributed by atoms with Crippen molar-refractivity contribution in [2.24, 2.45) is 17.8 Å². The van der Waals surface area contributed by atoms with Gasteiger partial charge in [0.25, 0.3) is 0 Å². The maximum absolute atomic E-state index is 11.3. The molecule has 0 saturated carbocycles. The van der Waals surface area contributed by atoms with Crippen molar-refractivity contribution >= 4 is 23.9 Å². The van der Waals surface area contributed by atoms with Gasteiger partial charge in [-0.05, 0) is 57.3 Å². The molecule has 1 rings (SSSR count). The fourth-order valence-corrected chi connectivity index (χ4v) is 3.11. The van der Waals surface area contributed by atoms with E-state index in [2.05, 4.69) is 18.2 Å². The largest absolute Gasteiger partial charge is 0.479 e. The highest BCUT2D eigenvalue weighted by Gasteiger charge is 2.28. The number of aliphatic hydroxyl groups is 1. The Morgan fingerprint density at radius 2 is 1.88 bits per heavy atom. The summed E-state index contributed by atoms with van der Waals surface area (Å²) in [6.45, 7) is 1.88. The molecule has 0 aliphatic heterocycles. The molecule has 26 heavy (non-hydrogen) atoms. The number of carboxylic acid groups (broad SMARTS) is 1. The normalized spacial score (nSPS) is 24.6. The van der Waals surface area contributed by atoms with E-state index in [0.29, 0.717) is 6.42 Å². The summed E-state index contributed by atoms with van der Waals surface area (Å²) in [7, 11) is 0. The lowest BCUT2D eigenvalue weighted by molar-refractivity contribution is -0.146. The summed E-state index contributed by atoms with van der Waals surface area (Å²) in [5.41, 5.74) is 0. The van der Waals surface area contributed by atoms with Crippen LogP contribution < -0.4 is 0 Å². The fourth-order valence-electron chi connectivity index (χ4n) is 3.00. The number of hydrogen-bond acceptors (Lipinski definition) is 3. The minimum Gasteiger partial charge on any atom is -0.479 e. The summed E-state index contributed by atoms with van der Waals surface area (Å²) in [5, 5.41) is 18.7. The Labute approximate surface area is 160 Å². The van der Waals surface area contributed by atoms with Gasteiger partial charge in [0.15, 0.2) is 6.10 Å². The summed E-state index contributed by atoms with van der Waals surface area (Å²) in [6, 6.07) is 0. The van der Waals surface area contributed by atoms with E-state index in [1.165, 1.54) is 0 Å². The number of rotatable bonds is 12. The number of unbranched alkanes of at least 4 members (excludes halogenated alkanes) is 2. The molecule has 5 heteroatoms. The van der Waals surface area contributed by atoms with Crippen molar-refractivity contribution in [3.63, 3.8) is 0 Å². The molecule has 0 saturated heterocycles. The van der Waals surface area contributed by atoms with E-state index < -0.39 is 12.1 Å². The van der Waals surface area contributed by atoms with Crippen LogP contribution in [0.15, 0.2) is 47.6 Å². The van der Waals surface area contributed by atoms with E-state index in [4.69, 9.17) is 16.7 Å². The van der Waals surface area contributed by atoms with Crippen LogP contribution in [0.1, 0.15) is 45.4 Å². The third-order valence-electron chi connectivity index (χ3n) is 4.53. The quantitative estimate of drug-likeness (QED) is 0.293. The molecule has 0 aromatic rings. The summed E-state index contributed by atoms with van der Waals surface area (Å²) < 4.78 is 0. The first-order valence-corrected chi connectivity index (χ1v) is 9.52. The zero-order valence-corrected chi connectivity index (χ0v) is 16.0. The van der Waals surface area contributed by atoms with Gasteiger partial charge in [-0.3, -0.25) is 0 Å². The van der Waals surface area contributed by atoms with Crippen LogP contribution in [0.2, 0.25) is 0 Å². The SMILES string of the molecule is CC(Cl)=CCCCC=C[C@@H]1C=CC(C=O)[C@@H]1CC=CCCC(O)C(=O)O. The fraction of sp³-hybridized carbons (Fsp3) is 0.524. The van der Waals surface area contributed by atoms with Crippen molar-refractivity contribution in [1.82, 2.24) is 0 Å². The van der Waals surface area contributed by atoms with Crippen LogP contribution in [0.4, 0.5) is 0 Å². The van der Waals surface area contributed by atoms with Crippen molar-refractivity contribution in [2.75, 3.05) is 0 Å². The Hall–Kier alpha value is -1.65. The summed E-state index contributed by atoms with van der Waals surface area (Å²) in [4.78, 5) is 21.8. The zero-order chi connectivity index (χ0) is 19.4. The number of carbonyl (C=O) groups excluding carboxylic acids is 1. The van der Waals surface area contributed by atoms with Crippen LogP contribution in [0.25, 0.3) is 0 Å². The lowest BCUT2D eigenvalue weighted by Gasteiger charge is -2.18. The first-order chi connectivity index (χ1) is 12.5. The number of carbonyl (C=O) groups is 2. The highest BCUT2D eigenvalue weighted by Crippen LogP contribution is 2.34. The Bertz CT molecular complexity index is 558. The second-order valence-corrected chi connectivity index (χ2v) is 7.22. The maximum Gasteiger partial charge on any atom is 0.332 e. The molecule has 0 fully saturated rings. The van der Waals surface area contributed by atoms with Gasteiger partial charge in [-0.2, -0.15) is 0 Å². The molecule has 2 N–H and O–H groups in total. The molecule has 4 atom stereocenters. The molecular weight excluding hydrogens is 352 g/mol. The van der Waals surface area contributed by atoms with Crippen LogP contribution in [0, 0.1) is 17.8 Å². The third kappa shape index (κ3) is 8.63. The molecule has 1 aliphatic carbocycles. The van der Waals surface area contributed by atoms with Gasteiger partial charge >= 0.3 is 5.97 Å². The number of carboxylic acids is 1. The van der Waals surface area contributed by atoms with Crippen molar-refractivity contribution < 1.29 is 19.8 Å². The van der Waals surface area contributed by atoms with Crippen LogP contribution in [0.3, 0.4) is 0 Å². The van der Waals surface area contributed by atoms with Gasteiger partial charge in [0.2, 0.25) is 0 Å². The molecule has 0 spiro atoms. The van der Waals surface area contributed by atoms with Crippen LogP contribution in [0.5, 0.6) is 0 Å². The highest BCUT2D eigenvalue weighted by atomic mass is 35.5. The number of allylic oxidation sites excluding steroid dienone is 8. The van der Waals surface area contributed by atoms with Crippen LogP contribution in [-0.4, -0.2) is 28.6 Å². The molecular formula is C21H29ClO4. The van der Waals surface area contributed by atoms with Gasteiger partial charge in [0.1, 0.15) is 6.29 Å². The molecule has 0 bridgehead atoms. The number of aldehydes is 1. The van der Waals surface area contributed by atoms with E-state index in [0.717, 1.165) is 37.0 Å². The number of hydrogen-bond donors (Lipinski definition) is 2. The molecule has 0 aromatic carbocycles. The van der Waals surface area contributed by atoms with Crippen molar-refractivity contribution in [2.45, 2.75) is 51.6 Å². The first-order valence-electron chi connectivity index (χ1n) is 9.14. The Balaban J connectivity index is 2.43. The molecule has 4 nitrogen and oxygen atoms in total. The number of aliphatic hydroxyl groups excluding tert-OH is 1. The monoisotopic (exact) mass is 380 g/mol. The number of halogens is 1. The van der Waals surface area contributed by atoms with Gasteiger partial charge < -0.3 is 15.0 Å². The number of aliphatic carboxylic acids is 1. The van der Waals surface area contributed by atoms with Crippen molar-refractivity contribution in [3.05, 3.63) is 47.6 Å². The van der Waals surface area contributed by atoms with Gasteiger partial charge in [-0.15, -0.1) is 0 Å². The van der Waals surface area contributed by atoms with E-state index >= 15 is 0 Å². The van der Waals surface area contributed by atoms with Crippen LogP contribution >= 0.6 is 11.6 Å². The summed E-state index contributed by atoms with van der Waals surface area (Å²) in [6.07, 6.45) is 18.4. The second-order valence-electron chi connectivity index (χ2n) is 6.63. The molecule has 0 amide bonds. The maximum atomic E-state index is 11.3. The average molecular weight is 381 g/mol. The summed E-state index contributed by atoms with van der Waals surface area (Å²) >= 11 is 5.80. The summed E-state index contributed by atoms with van der Waals surface area (Å²) in [5.74, 6) is -0.832. The molecule has 0 aromatic heterocycles. The molecule has 0 heterocycles. The van der Waals surface area contributed by atoms with E-state index in [-0.39, 0.29) is 24.2 Å². The molecule has 144 valence electrons. The lowest BCUT2D eigenvalue weighted by atomic mass is 9.85. The highest BCUT2D eigenvalue weighted by molar-refractivity contribution is 6.29. The van der Waals surface area contributed by atoms with Gasteiger partial charge in [-0.1, -0.05) is 54.1 Å². The third-order valence-corrected chi connectivity index (χ3v) is 4.68. The van der Waals surface area contributed by atoms with E-state index in [9.17, 15) is 14.7 Å². The minimum atomic E-state index is -1.32. The Morgan fingerprint density at radius 3 is 2.54 bits per heavy atom. The van der Waals surface area contributed by atoms with Gasteiger partial charge in [0, 0.05) is 11.0 Å². The Kier molecular flexibility index (Phi) is 10.9.